The van der Waals surface area contributed by atoms with Crippen LogP contribution in [0.1, 0.15) is 23.1 Å². The van der Waals surface area contributed by atoms with Gasteiger partial charge in [-0.1, -0.05) is 35.9 Å². The van der Waals surface area contributed by atoms with Crippen LogP contribution in [0.5, 0.6) is 0 Å². The van der Waals surface area contributed by atoms with Crippen LogP contribution in [0.2, 0.25) is 5.02 Å². The van der Waals surface area contributed by atoms with Gasteiger partial charge in [-0.25, -0.2) is 4.98 Å². The van der Waals surface area contributed by atoms with Gasteiger partial charge in [-0.3, -0.25) is 0 Å². The first-order valence-electron chi connectivity index (χ1n) is 9.67. The smallest absolute Gasteiger partial charge is 0.345 e. The van der Waals surface area contributed by atoms with E-state index in [1.54, 1.807) is 12.5 Å². The van der Waals surface area contributed by atoms with E-state index in [2.05, 4.69) is 10.3 Å². The van der Waals surface area contributed by atoms with Gasteiger partial charge in [0.1, 0.15) is 0 Å². The SMILES string of the molecule is Cc1ccccc1CN(CCCn1ccnc1)C(=S)Nc1ccc(C(F)(F)F)cc1Cl. The van der Waals surface area contributed by atoms with Gasteiger partial charge < -0.3 is 14.8 Å². The molecule has 1 N–H and O–H groups in total. The van der Waals surface area contributed by atoms with Gasteiger partial charge in [0.15, 0.2) is 5.11 Å². The minimum Gasteiger partial charge on any atom is -0.345 e. The highest BCUT2D eigenvalue weighted by Crippen LogP contribution is 2.33. The quantitative estimate of drug-likeness (QED) is 0.423. The van der Waals surface area contributed by atoms with Gasteiger partial charge in [0.25, 0.3) is 0 Å². The number of halogens is 4. The first-order valence-corrected chi connectivity index (χ1v) is 10.5. The van der Waals surface area contributed by atoms with Gasteiger partial charge in [0.05, 0.1) is 22.6 Å². The van der Waals surface area contributed by atoms with Crippen molar-refractivity contribution < 1.29 is 13.2 Å². The summed E-state index contributed by atoms with van der Waals surface area (Å²) in [7, 11) is 0. The van der Waals surface area contributed by atoms with Crippen LogP contribution in [-0.4, -0.2) is 26.1 Å². The molecule has 3 aromatic rings. The molecule has 0 saturated carbocycles. The summed E-state index contributed by atoms with van der Waals surface area (Å²) < 4.78 is 40.7. The Labute approximate surface area is 189 Å². The van der Waals surface area contributed by atoms with E-state index in [0.717, 1.165) is 36.2 Å². The summed E-state index contributed by atoms with van der Waals surface area (Å²) in [5, 5.41) is 3.37. The molecule has 0 amide bonds. The third-order valence-corrected chi connectivity index (χ3v) is 5.52. The number of benzene rings is 2. The Bertz CT molecular complexity index is 1020. The number of rotatable bonds is 7. The van der Waals surface area contributed by atoms with Crippen molar-refractivity contribution in [3.63, 3.8) is 0 Å². The maximum Gasteiger partial charge on any atom is 0.416 e. The molecule has 0 spiro atoms. The molecule has 9 heteroatoms. The molecule has 0 saturated heterocycles. The van der Waals surface area contributed by atoms with Gasteiger partial charge in [0, 0.05) is 32.0 Å². The molecule has 0 atom stereocenters. The molecule has 3 rings (SSSR count). The molecule has 0 fully saturated rings. The van der Waals surface area contributed by atoms with E-state index in [0.29, 0.717) is 23.9 Å². The lowest BCUT2D eigenvalue weighted by molar-refractivity contribution is -0.137. The molecule has 4 nitrogen and oxygen atoms in total. The van der Waals surface area contributed by atoms with Crippen molar-refractivity contribution in [3.8, 4) is 0 Å². The van der Waals surface area contributed by atoms with Gasteiger partial charge in [-0.05, 0) is 54.9 Å². The van der Waals surface area contributed by atoms with Crippen molar-refractivity contribution in [2.24, 2.45) is 0 Å². The Hall–Kier alpha value is -2.58. The van der Waals surface area contributed by atoms with E-state index in [9.17, 15) is 13.2 Å². The summed E-state index contributed by atoms with van der Waals surface area (Å²) in [5.41, 5.74) is 1.79. The molecular weight excluding hydrogens is 445 g/mol. The summed E-state index contributed by atoms with van der Waals surface area (Å²) in [4.78, 5) is 6.03. The van der Waals surface area contributed by atoms with E-state index in [1.165, 1.54) is 6.07 Å². The van der Waals surface area contributed by atoms with Crippen LogP contribution in [0.15, 0.2) is 61.2 Å². The first kappa shape index (κ1) is 23.1. The van der Waals surface area contributed by atoms with Crippen molar-refractivity contribution in [3.05, 3.63) is 82.9 Å². The zero-order chi connectivity index (χ0) is 22.4. The van der Waals surface area contributed by atoms with Crippen LogP contribution in [-0.2, 0) is 19.3 Å². The van der Waals surface area contributed by atoms with Crippen molar-refractivity contribution in [1.29, 1.82) is 0 Å². The van der Waals surface area contributed by atoms with Crippen LogP contribution in [0, 0.1) is 6.92 Å². The Morgan fingerprint density at radius 1 is 1.23 bits per heavy atom. The highest BCUT2D eigenvalue weighted by Gasteiger charge is 2.31. The minimum absolute atomic E-state index is 0.0357. The summed E-state index contributed by atoms with van der Waals surface area (Å²) in [5.74, 6) is 0. The minimum atomic E-state index is -4.45. The number of hydrogen-bond donors (Lipinski definition) is 1. The molecule has 0 aliphatic rings. The zero-order valence-corrected chi connectivity index (χ0v) is 18.4. The van der Waals surface area contributed by atoms with Crippen LogP contribution in [0.3, 0.4) is 0 Å². The molecular formula is C22H22ClF3N4S. The molecule has 1 aromatic heterocycles. The molecule has 31 heavy (non-hydrogen) atoms. The Kier molecular flexibility index (Phi) is 7.56. The second-order valence-corrected chi connectivity index (χ2v) is 7.92. The number of thiocarbonyl (C=S) groups is 1. The lowest BCUT2D eigenvalue weighted by Crippen LogP contribution is -2.35. The number of alkyl halides is 3. The van der Waals surface area contributed by atoms with Crippen molar-refractivity contribution in [2.75, 3.05) is 11.9 Å². The predicted molar refractivity (Wildman–Crippen MR) is 121 cm³/mol. The highest BCUT2D eigenvalue weighted by molar-refractivity contribution is 7.80. The zero-order valence-electron chi connectivity index (χ0n) is 16.9. The molecule has 0 aliphatic carbocycles. The monoisotopic (exact) mass is 466 g/mol. The van der Waals surface area contributed by atoms with Gasteiger partial charge in [0.2, 0.25) is 0 Å². The molecule has 0 aliphatic heterocycles. The maximum absolute atomic E-state index is 12.9. The lowest BCUT2D eigenvalue weighted by atomic mass is 10.1. The number of nitrogens with one attached hydrogen (secondary N) is 1. The number of aryl methyl sites for hydroxylation is 2. The normalized spacial score (nSPS) is 11.4. The third kappa shape index (κ3) is 6.45. The maximum atomic E-state index is 12.9. The standard InChI is InChI=1S/C22H22ClF3N4S/c1-16-5-2-3-6-17(16)14-30(11-4-10-29-12-9-27-15-29)21(31)28-20-8-7-18(13-19(20)23)22(24,25)26/h2-3,5-9,12-13,15H,4,10-11,14H2,1H3,(H,28,31). The number of aromatic nitrogens is 2. The Balaban J connectivity index is 1.73. The summed E-state index contributed by atoms with van der Waals surface area (Å²) in [6, 6.07) is 11.2. The number of imidazole rings is 1. The number of hydrogen-bond acceptors (Lipinski definition) is 2. The fourth-order valence-electron chi connectivity index (χ4n) is 3.10. The summed E-state index contributed by atoms with van der Waals surface area (Å²) in [6.07, 6.45) is 1.73. The number of anilines is 1. The predicted octanol–water partition coefficient (Wildman–Crippen LogP) is 6.15. The first-order chi connectivity index (χ1) is 14.7. The Morgan fingerprint density at radius 3 is 2.65 bits per heavy atom. The van der Waals surface area contributed by atoms with Crippen molar-refractivity contribution in [2.45, 2.75) is 32.6 Å². The van der Waals surface area contributed by atoms with Gasteiger partial charge >= 0.3 is 6.18 Å². The summed E-state index contributed by atoms with van der Waals surface area (Å²) >= 11 is 11.7. The van der Waals surface area contributed by atoms with Crippen molar-refractivity contribution in [1.82, 2.24) is 14.5 Å². The van der Waals surface area contributed by atoms with E-state index in [1.807, 2.05) is 46.9 Å². The van der Waals surface area contributed by atoms with Crippen LogP contribution in [0.4, 0.5) is 18.9 Å². The third-order valence-electron chi connectivity index (χ3n) is 4.85. The topological polar surface area (TPSA) is 33.1 Å². The fraction of sp³-hybridized carbons (Fsp3) is 0.273. The van der Waals surface area contributed by atoms with Crippen LogP contribution < -0.4 is 5.32 Å². The fourth-order valence-corrected chi connectivity index (χ4v) is 3.59. The van der Waals surface area contributed by atoms with Crippen molar-refractivity contribution >= 4 is 34.6 Å². The van der Waals surface area contributed by atoms with Gasteiger partial charge in [-0.2, -0.15) is 13.2 Å². The van der Waals surface area contributed by atoms with E-state index < -0.39 is 11.7 Å². The average Bonchev–Trinajstić information content (AvgIpc) is 3.23. The molecule has 1 heterocycles. The highest BCUT2D eigenvalue weighted by atomic mass is 35.5. The molecule has 0 unspecified atom stereocenters. The molecule has 2 aromatic carbocycles. The number of nitrogens with zero attached hydrogens (tertiary/aromatic N) is 3. The lowest BCUT2D eigenvalue weighted by Gasteiger charge is -2.27. The molecule has 0 radical (unpaired) electrons. The molecule has 0 bridgehead atoms. The average molecular weight is 467 g/mol. The van der Waals surface area contributed by atoms with E-state index in [-0.39, 0.29) is 5.02 Å². The second-order valence-electron chi connectivity index (χ2n) is 7.12. The van der Waals surface area contributed by atoms with E-state index in [4.69, 9.17) is 23.8 Å². The van der Waals surface area contributed by atoms with Crippen LogP contribution >= 0.6 is 23.8 Å². The summed E-state index contributed by atoms with van der Waals surface area (Å²) in [6.45, 7) is 4.02. The van der Waals surface area contributed by atoms with Gasteiger partial charge in [-0.15, -0.1) is 0 Å². The largest absolute Gasteiger partial charge is 0.416 e. The molecule has 164 valence electrons. The Morgan fingerprint density at radius 2 is 2.00 bits per heavy atom. The van der Waals surface area contributed by atoms with E-state index >= 15 is 0 Å². The van der Waals surface area contributed by atoms with Crippen LogP contribution in [0.25, 0.3) is 0 Å². The second kappa shape index (κ2) is 10.2.